The Morgan fingerprint density at radius 2 is 1.96 bits per heavy atom. The number of benzene rings is 1. The first-order chi connectivity index (χ1) is 11.4. The number of piperidine rings is 1. The molecule has 0 aromatic heterocycles. The Balaban J connectivity index is 1.55. The van der Waals surface area contributed by atoms with Crippen LogP contribution in [0.1, 0.15) is 18.4 Å². The molecule has 1 aromatic rings. The molecule has 2 fully saturated rings. The van der Waals surface area contributed by atoms with Crippen molar-refractivity contribution >= 4 is 23.6 Å². The highest BCUT2D eigenvalue weighted by atomic mass is 35.5. The summed E-state index contributed by atoms with van der Waals surface area (Å²) in [6, 6.07) is 6.78. The third-order valence-electron chi connectivity index (χ3n) is 4.81. The molecule has 0 aliphatic carbocycles. The number of nitrogens with zero attached hydrogens (tertiary/aromatic N) is 2. The molecule has 1 atom stereocenters. The van der Waals surface area contributed by atoms with Crippen LogP contribution in [-0.2, 0) is 16.0 Å². The fourth-order valence-electron chi connectivity index (χ4n) is 3.38. The van der Waals surface area contributed by atoms with Crippen LogP contribution >= 0.6 is 11.6 Å². The summed E-state index contributed by atoms with van der Waals surface area (Å²) in [4.78, 5) is 27.5. The van der Waals surface area contributed by atoms with Crippen LogP contribution < -0.4 is 5.73 Å². The molecular formula is C17H22ClN3O3. The maximum Gasteiger partial charge on any atom is 0.410 e. The molecular weight excluding hydrogens is 330 g/mol. The van der Waals surface area contributed by atoms with Gasteiger partial charge in [-0.05, 0) is 24.1 Å². The second-order valence-electron chi connectivity index (χ2n) is 6.67. The maximum atomic E-state index is 12.6. The Morgan fingerprint density at radius 3 is 2.50 bits per heavy atom. The van der Waals surface area contributed by atoms with E-state index in [1.807, 2.05) is 12.1 Å². The van der Waals surface area contributed by atoms with Crippen molar-refractivity contribution in [2.45, 2.75) is 30.9 Å². The molecule has 0 saturated carbocycles. The van der Waals surface area contributed by atoms with Gasteiger partial charge in [0, 0.05) is 38.0 Å². The van der Waals surface area contributed by atoms with E-state index in [-0.39, 0.29) is 12.0 Å². The number of hydrogen-bond donors (Lipinski definition) is 1. The number of ether oxygens (including phenoxy) is 1. The van der Waals surface area contributed by atoms with Gasteiger partial charge in [-0.3, -0.25) is 4.79 Å². The second-order valence-corrected chi connectivity index (χ2v) is 7.11. The lowest BCUT2D eigenvalue weighted by Crippen LogP contribution is -2.53. The summed E-state index contributed by atoms with van der Waals surface area (Å²) in [7, 11) is 1.73. The van der Waals surface area contributed by atoms with Gasteiger partial charge in [0.1, 0.15) is 5.60 Å². The number of carbonyl (C=O) groups is 2. The van der Waals surface area contributed by atoms with Crippen molar-refractivity contribution in [1.29, 1.82) is 0 Å². The summed E-state index contributed by atoms with van der Waals surface area (Å²) in [5, 5.41) is 0.663. The van der Waals surface area contributed by atoms with E-state index in [4.69, 9.17) is 22.1 Å². The molecule has 7 heteroatoms. The van der Waals surface area contributed by atoms with Gasteiger partial charge in [0.2, 0.25) is 5.91 Å². The zero-order chi connectivity index (χ0) is 17.3. The second kappa shape index (κ2) is 6.61. The van der Waals surface area contributed by atoms with Gasteiger partial charge in [-0.15, -0.1) is 0 Å². The van der Waals surface area contributed by atoms with Crippen LogP contribution in [0.3, 0.4) is 0 Å². The maximum absolute atomic E-state index is 12.6. The molecule has 6 nitrogen and oxygen atoms in total. The Labute approximate surface area is 146 Å². The summed E-state index contributed by atoms with van der Waals surface area (Å²) in [6.07, 6.45) is 1.51. The minimum absolute atomic E-state index is 0.0579. The Kier molecular flexibility index (Phi) is 4.69. The number of likely N-dealkylation sites (N-methyl/N-ethyl adjacent to an activating group) is 1. The number of carbonyl (C=O) groups excluding carboxylic acids is 2. The van der Waals surface area contributed by atoms with E-state index in [2.05, 4.69) is 0 Å². The van der Waals surface area contributed by atoms with Crippen LogP contribution in [0.4, 0.5) is 4.79 Å². The first kappa shape index (κ1) is 17.0. The summed E-state index contributed by atoms with van der Waals surface area (Å²) in [6.45, 7) is 1.72. The van der Waals surface area contributed by atoms with E-state index in [0.717, 1.165) is 5.56 Å². The van der Waals surface area contributed by atoms with E-state index in [1.54, 1.807) is 29.0 Å². The average Bonchev–Trinajstić information content (AvgIpc) is 2.83. The van der Waals surface area contributed by atoms with Gasteiger partial charge in [0.15, 0.2) is 0 Å². The molecule has 1 aromatic carbocycles. The fourth-order valence-corrected chi connectivity index (χ4v) is 3.51. The van der Waals surface area contributed by atoms with E-state index >= 15 is 0 Å². The molecule has 0 bridgehead atoms. The first-order valence-electron chi connectivity index (χ1n) is 8.11. The lowest BCUT2D eigenvalue weighted by Gasteiger charge is -2.38. The number of rotatable bonds is 3. The highest BCUT2D eigenvalue weighted by Gasteiger charge is 2.46. The standard InChI is InChI=1S/C17H22ClN3O3/c1-20-11-17(24-16(20)23)6-8-21(9-7-17)15(22)14(19)10-12-2-4-13(18)5-3-12/h2-5,14H,6-11,19H2,1H3/t14-/m1/s1. The molecule has 2 aliphatic heterocycles. The average molecular weight is 352 g/mol. The molecule has 2 amide bonds. The molecule has 2 saturated heterocycles. The van der Waals surface area contributed by atoms with Crippen LogP contribution in [0.15, 0.2) is 24.3 Å². The van der Waals surface area contributed by atoms with Crippen molar-refractivity contribution in [3.8, 4) is 0 Å². The Hall–Kier alpha value is -1.79. The molecule has 2 heterocycles. The fraction of sp³-hybridized carbons (Fsp3) is 0.529. The number of nitrogens with two attached hydrogens (primary N) is 1. The lowest BCUT2D eigenvalue weighted by molar-refractivity contribution is -0.135. The molecule has 24 heavy (non-hydrogen) atoms. The number of hydrogen-bond acceptors (Lipinski definition) is 4. The van der Waals surface area contributed by atoms with E-state index < -0.39 is 11.6 Å². The molecule has 0 radical (unpaired) electrons. The van der Waals surface area contributed by atoms with Gasteiger partial charge in [0.05, 0.1) is 12.6 Å². The smallest absolute Gasteiger partial charge is 0.410 e. The van der Waals surface area contributed by atoms with Gasteiger partial charge in [-0.25, -0.2) is 4.79 Å². The molecule has 0 unspecified atom stereocenters. The zero-order valence-corrected chi connectivity index (χ0v) is 14.5. The normalized spacial score (nSPS) is 21.0. The van der Waals surface area contributed by atoms with Crippen molar-refractivity contribution in [1.82, 2.24) is 9.80 Å². The monoisotopic (exact) mass is 351 g/mol. The number of amides is 2. The van der Waals surface area contributed by atoms with Crippen molar-refractivity contribution in [3.63, 3.8) is 0 Å². The first-order valence-corrected chi connectivity index (χ1v) is 8.49. The molecule has 2 aliphatic rings. The van der Waals surface area contributed by atoms with E-state index in [1.165, 1.54) is 0 Å². The number of likely N-dealkylation sites (tertiary alicyclic amines) is 1. The van der Waals surface area contributed by atoms with Crippen molar-refractivity contribution in [2.75, 3.05) is 26.7 Å². The third kappa shape index (κ3) is 3.49. The predicted octanol–water partition coefficient (Wildman–Crippen LogP) is 1.65. The van der Waals surface area contributed by atoms with Gasteiger partial charge in [-0.1, -0.05) is 23.7 Å². The van der Waals surface area contributed by atoms with Crippen LogP contribution in [-0.4, -0.2) is 60.1 Å². The number of halogens is 1. The summed E-state index contributed by atoms with van der Waals surface area (Å²) in [5.41, 5.74) is 6.63. The van der Waals surface area contributed by atoms with Gasteiger partial charge >= 0.3 is 6.09 Å². The van der Waals surface area contributed by atoms with Crippen LogP contribution in [0, 0.1) is 0 Å². The van der Waals surface area contributed by atoms with Crippen LogP contribution in [0.5, 0.6) is 0 Å². The van der Waals surface area contributed by atoms with Crippen LogP contribution in [0.25, 0.3) is 0 Å². The summed E-state index contributed by atoms with van der Waals surface area (Å²) >= 11 is 5.87. The van der Waals surface area contributed by atoms with Gasteiger partial charge < -0.3 is 20.3 Å². The highest BCUT2D eigenvalue weighted by Crippen LogP contribution is 2.32. The minimum Gasteiger partial charge on any atom is -0.441 e. The quantitative estimate of drug-likeness (QED) is 0.898. The summed E-state index contributed by atoms with van der Waals surface area (Å²) < 4.78 is 5.50. The molecule has 2 N–H and O–H groups in total. The largest absolute Gasteiger partial charge is 0.441 e. The van der Waals surface area contributed by atoms with E-state index in [0.29, 0.717) is 43.9 Å². The van der Waals surface area contributed by atoms with Crippen LogP contribution in [0.2, 0.25) is 5.02 Å². The van der Waals surface area contributed by atoms with Crippen molar-refractivity contribution in [3.05, 3.63) is 34.9 Å². The molecule has 3 rings (SSSR count). The summed E-state index contributed by atoms with van der Waals surface area (Å²) in [5.74, 6) is -0.0579. The Morgan fingerprint density at radius 1 is 1.33 bits per heavy atom. The minimum atomic E-state index is -0.575. The highest BCUT2D eigenvalue weighted by molar-refractivity contribution is 6.30. The van der Waals surface area contributed by atoms with E-state index in [9.17, 15) is 9.59 Å². The topological polar surface area (TPSA) is 75.9 Å². The van der Waals surface area contributed by atoms with Crippen molar-refractivity contribution in [2.24, 2.45) is 5.73 Å². The SMILES string of the molecule is CN1CC2(CCN(C(=O)[C@H](N)Cc3ccc(Cl)cc3)CC2)OC1=O. The van der Waals surface area contributed by atoms with Gasteiger partial charge in [0.25, 0.3) is 0 Å². The zero-order valence-electron chi connectivity index (χ0n) is 13.7. The molecule has 130 valence electrons. The Bertz CT molecular complexity index is 626. The lowest BCUT2D eigenvalue weighted by atomic mass is 9.91. The van der Waals surface area contributed by atoms with Gasteiger partial charge in [-0.2, -0.15) is 0 Å². The predicted molar refractivity (Wildman–Crippen MR) is 90.8 cm³/mol. The molecule has 1 spiro atoms. The van der Waals surface area contributed by atoms with Crippen molar-refractivity contribution < 1.29 is 14.3 Å². The third-order valence-corrected chi connectivity index (χ3v) is 5.07.